The van der Waals surface area contributed by atoms with E-state index in [-0.39, 0.29) is 13.2 Å². The third kappa shape index (κ3) is 4.41. The van der Waals surface area contributed by atoms with Crippen LogP contribution >= 0.6 is 0 Å². The Morgan fingerprint density at radius 3 is 2.60 bits per heavy atom. The van der Waals surface area contributed by atoms with E-state index in [4.69, 9.17) is 18.7 Å². The van der Waals surface area contributed by atoms with Gasteiger partial charge in [-0.1, -0.05) is 35.5 Å². The summed E-state index contributed by atoms with van der Waals surface area (Å²) in [7, 11) is 1.64. The number of aryl methyl sites for hydroxylation is 1. The Kier molecular flexibility index (Phi) is 5.61. The van der Waals surface area contributed by atoms with Gasteiger partial charge in [-0.2, -0.15) is 4.98 Å². The molecule has 0 radical (unpaired) electrons. The molecule has 0 aliphatic carbocycles. The van der Waals surface area contributed by atoms with Crippen molar-refractivity contribution in [3.05, 3.63) is 83.5 Å². The fourth-order valence-corrected chi connectivity index (χ4v) is 3.02. The van der Waals surface area contributed by atoms with Crippen LogP contribution in [0.3, 0.4) is 0 Å². The lowest BCUT2D eigenvalue weighted by atomic mass is 10.1. The molecule has 3 aromatic carbocycles. The van der Waals surface area contributed by atoms with E-state index < -0.39 is 5.97 Å². The number of aromatic nitrogens is 2. The molecule has 0 fully saturated rings. The van der Waals surface area contributed by atoms with E-state index in [0.29, 0.717) is 23.0 Å². The third-order valence-corrected chi connectivity index (χ3v) is 4.52. The summed E-state index contributed by atoms with van der Waals surface area (Å²) in [6.07, 6.45) is 0. The maximum Gasteiger partial charge on any atom is 0.342 e. The number of carbonyl (C=O) groups is 1. The topological polar surface area (TPSA) is 83.7 Å². The van der Waals surface area contributed by atoms with Gasteiger partial charge in [0.15, 0.2) is 6.61 Å². The van der Waals surface area contributed by atoms with Gasteiger partial charge in [-0.05, 0) is 46.7 Å². The lowest BCUT2D eigenvalue weighted by molar-refractivity contribution is 0.0467. The number of nitrogens with zero attached hydrogens (tertiary/aromatic N) is 2. The molecule has 0 saturated heterocycles. The molecule has 0 spiro atoms. The number of carbonyl (C=O) groups excluding carboxylic acids is 1. The molecule has 1 aromatic heterocycles. The van der Waals surface area contributed by atoms with Crippen LogP contribution in [0.5, 0.6) is 11.5 Å². The smallest absolute Gasteiger partial charge is 0.342 e. The van der Waals surface area contributed by atoms with Crippen LogP contribution in [0.2, 0.25) is 0 Å². The predicted octanol–water partition coefficient (Wildman–Crippen LogP) is 4.48. The Morgan fingerprint density at radius 2 is 1.80 bits per heavy atom. The zero-order chi connectivity index (χ0) is 20.9. The van der Waals surface area contributed by atoms with Gasteiger partial charge >= 0.3 is 5.97 Å². The standard InChI is InChI=1S/C23H20N2O5/c1-15-24-22(25-30-15)14-28-21-6-4-3-5-20(21)23(26)29-13-16-7-8-18-12-19(27-2)10-9-17(18)11-16/h3-12H,13-14H2,1-2H3. The summed E-state index contributed by atoms with van der Waals surface area (Å²) < 4.78 is 21.4. The summed E-state index contributed by atoms with van der Waals surface area (Å²) in [6.45, 7) is 1.94. The average Bonchev–Trinajstić information content (AvgIpc) is 3.20. The maximum atomic E-state index is 12.6. The highest BCUT2D eigenvalue weighted by atomic mass is 16.5. The number of ether oxygens (including phenoxy) is 3. The van der Waals surface area contributed by atoms with E-state index in [1.807, 2.05) is 36.4 Å². The van der Waals surface area contributed by atoms with Gasteiger partial charge in [-0.3, -0.25) is 0 Å². The number of hydrogen-bond donors (Lipinski definition) is 0. The Balaban J connectivity index is 1.43. The van der Waals surface area contributed by atoms with Crippen molar-refractivity contribution in [3.63, 3.8) is 0 Å². The molecule has 7 heteroatoms. The first-order valence-electron chi connectivity index (χ1n) is 9.37. The Labute approximate surface area is 173 Å². The monoisotopic (exact) mass is 404 g/mol. The van der Waals surface area contributed by atoms with E-state index >= 15 is 0 Å². The molecule has 30 heavy (non-hydrogen) atoms. The van der Waals surface area contributed by atoms with Crippen molar-refractivity contribution in [2.45, 2.75) is 20.1 Å². The molecule has 152 valence electrons. The van der Waals surface area contributed by atoms with E-state index in [1.54, 1.807) is 38.3 Å². The minimum absolute atomic E-state index is 0.0930. The highest BCUT2D eigenvalue weighted by Crippen LogP contribution is 2.23. The zero-order valence-corrected chi connectivity index (χ0v) is 16.6. The van der Waals surface area contributed by atoms with Crippen LogP contribution in [0.15, 0.2) is 65.2 Å². The van der Waals surface area contributed by atoms with Gasteiger partial charge in [0.25, 0.3) is 0 Å². The number of para-hydroxylation sites is 1. The molecule has 0 aliphatic heterocycles. The number of benzene rings is 3. The molecule has 1 heterocycles. The van der Waals surface area contributed by atoms with Crippen LogP contribution < -0.4 is 9.47 Å². The molecule has 0 atom stereocenters. The summed E-state index contributed by atoms with van der Waals surface area (Å²) >= 11 is 0. The normalized spacial score (nSPS) is 10.7. The minimum atomic E-state index is -0.468. The second-order valence-corrected chi connectivity index (χ2v) is 6.64. The van der Waals surface area contributed by atoms with Gasteiger partial charge in [0.2, 0.25) is 11.7 Å². The quantitative estimate of drug-likeness (QED) is 0.420. The van der Waals surface area contributed by atoms with Crippen LogP contribution in [-0.4, -0.2) is 23.2 Å². The summed E-state index contributed by atoms with van der Waals surface area (Å²) in [4.78, 5) is 16.7. The van der Waals surface area contributed by atoms with Crippen molar-refractivity contribution in [1.82, 2.24) is 10.1 Å². The molecule has 0 amide bonds. The van der Waals surface area contributed by atoms with Crippen molar-refractivity contribution in [2.75, 3.05) is 7.11 Å². The Hall–Kier alpha value is -3.87. The Bertz CT molecular complexity index is 1190. The lowest BCUT2D eigenvalue weighted by Gasteiger charge is -2.11. The molecular formula is C23H20N2O5. The van der Waals surface area contributed by atoms with Gasteiger partial charge in [-0.25, -0.2) is 4.79 Å². The van der Waals surface area contributed by atoms with Crippen molar-refractivity contribution < 1.29 is 23.5 Å². The van der Waals surface area contributed by atoms with E-state index in [2.05, 4.69) is 10.1 Å². The first kappa shape index (κ1) is 19.4. The summed E-state index contributed by atoms with van der Waals surface area (Å²) in [5.74, 6) is 1.59. The van der Waals surface area contributed by atoms with E-state index in [0.717, 1.165) is 22.1 Å². The SMILES string of the molecule is COc1ccc2cc(COC(=O)c3ccccc3OCc3noc(C)n3)ccc2c1. The van der Waals surface area contributed by atoms with Crippen LogP contribution in [0, 0.1) is 6.92 Å². The highest BCUT2D eigenvalue weighted by molar-refractivity contribution is 5.92. The first-order chi connectivity index (χ1) is 14.6. The van der Waals surface area contributed by atoms with Gasteiger partial charge in [0.1, 0.15) is 23.7 Å². The van der Waals surface area contributed by atoms with Crippen molar-refractivity contribution >= 4 is 16.7 Å². The third-order valence-electron chi connectivity index (χ3n) is 4.52. The average molecular weight is 404 g/mol. The van der Waals surface area contributed by atoms with Crippen LogP contribution in [0.25, 0.3) is 10.8 Å². The lowest BCUT2D eigenvalue weighted by Crippen LogP contribution is -2.08. The molecular weight excluding hydrogens is 384 g/mol. The van der Waals surface area contributed by atoms with Gasteiger partial charge in [-0.15, -0.1) is 0 Å². The number of methoxy groups -OCH3 is 1. The molecule has 0 saturated carbocycles. The number of fused-ring (bicyclic) bond motifs is 1. The predicted molar refractivity (Wildman–Crippen MR) is 109 cm³/mol. The van der Waals surface area contributed by atoms with E-state index in [9.17, 15) is 4.79 Å². The maximum absolute atomic E-state index is 12.6. The fraction of sp³-hybridized carbons (Fsp3) is 0.174. The highest BCUT2D eigenvalue weighted by Gasteiger charge is 2.15. The molecule has 0 aliphatic rings. The van der Waals surface area contributed by atoms with Crippen molar-refractivity contribution in [3.8, 4) is 11.5 Å². The number of hydrogen-bond acceptors (Lipinski definition) is 7. The number of esters is 1. The second kappa shape index (κ2) is 8.65. The molecule has 7 nitrogen and oxygen atoms in total. The fourth-order valence-electron chi connectivity index (χ4n) is 3.02. The molecule has 0 bridgehead atoms. The number of rotatable bonds is 7. The van der Waals surface area contributed by atoms with Crippen molar-refractivity contribution in [2.24, 2.45) is 0 Å². The zero-order valence-electron chi connectivity index (χ0n) is 16.6. The second-order valence-electron chi connectivity index (χ2n) is 6.64. The molecule has 0 N–H and O–H groups in total. The molecule has 4 rings (SSSR count). The summed E-state index contributed by atoms with van der Waals surface area (Å²) in [6, 6.07) is 18.6. The summed E-state index contributed by atoms with van der Waals surface area (Å²) in [5, 5.41) is 5.88. The molecule has 0 unspecified atom stereocenters. The largest absolute Gasteiger partial charge is 0.497 e. The summed E-state index contributed by atoms with van der Waals surface area (Å²) in [5.41, 5.74) is 1.23. The van der Waals surface area contributed by atoms with Crippen molar-refractivity contribution in [1.29, 1.82) is 0 Å². The van der Waals surface area contributed by atoms with Gasteiger partial charge in [0, 0.05) is 6.92 Å². The Morgan fingerprint density at radius 1 is 1.00 bits per heavy atom. The van der Waals surface area contributed by atoms with Gasteiger partial charge < -0.3 is 18.7 Å². The minimum Gasteiger partial charge on any atom is -0.497 e. The first-order valence-corrected chi connectivity index (χ1v) is 9.37. The van der Waals surface area contributed by atoms with Crippen LogP contribution in [0.4, 0.5) is 0 Å². The van der Waals surface area contributed by atoms with Crippen LogP contribution in [-0.2, 0) is 18.0 Å². The van der Waals surface area contributed by atoms with Crippen LogP contribution in [0.1, 0.15) is 27.6 Å². The van der Waals surface area contributed by atoms with E-state index in [1.165, 1.54) is 0 Å². The van der Waals surface area contributed by atoms with Gasteiger partial charge in [0.05, 0.1) is 7.11 Å². The molecule has 4 aromatic rings.